The molecule has 2 rings (SSSR count). The summed E-state index contributed by atoms with van der Waals surface area (Å²) in [5.41, 5.74) is 2.36. The van der Waals surface area contributed by atoms with E-state index in [-0.39, 0.29) is 5.97 Å². The third kappa shape index (κ3) is 13.4. The molecule has 0 aliphatic carbocycles. The van der Waals surface area contributed by atoms with Crippen LogP contribution in [0, 0.1) is 0 Å². The maximum Gasteiger partial charge on any atom is 0.311 e. The molecule has 1 aromatic carbocycles. The lowest BCUT2D eigenvalue weighted by atomic mass is 10.0. The molecule has 0 bridgehead atoms. The molecule has 0 N–H and O–H groups in total. The Kier molecular flexibility index (Phi) is 15.8. The lowest BCUT2D eigenvalue weighted by Crippen LogP contribution is -2.08. The van der Waals surface area contributed by atoms with E-state index in [0.717, 1.165) is 24.8 Å². The molecule has 0 radical (unpaired) electrons. The Bertz CT molecular complexity index is 787. The Morgan fingerprint density at radius 1 is 0.657 bits per heavy atom. The average Bonchev–Trinajstić information content (AvgIpc) is 2.88. The highest BCUT2D eigenvalue weighted by Gasteiger charge is 2.07. The summed E-state index contributed by atoms with van der Waals surface area (Å²) in [6.45, 7) is 4.50. The monoisotopic (exact) mass is 480 g/mol. The summed E-state index contributed by atoms with van der Waals surface area (Å²) in [5, 5.41) is 0. The van der Waals surface area contributed by atoms with Gasteiger partial charge in [-0.15, -0.1) is 0 Å². The molecular formula is C31H48N2O2. The zero-order chi connectivity index (χ0) is 25.0. The van der Waals surface area contributed by atoms with Gasteiger partial charge in [-0.25, -0.2) is 9.97 Å². The number of aryl methyl sites for hydroxylation is 1. The van der Waals surface area contributed by atoms with Crippen molar-refractivity contribution < 1.29 is 9.53 Å². The summed E-state index contributed by atoms with van der Waals surface area (Å²) in [6.07, 6.45) is 25.3. The van der Waals surface area contributed by atoms with Crippen LogP contribution in [0.3, 0.4) is 0 Å². The van der Waals surface area contributed by atoms with E-state index in [9.17, 15) is 4.79 Å². The van der Waals surface area contributed by atoms with Crippen molar-refractivity contribution in [1.82, 2.24) is 9.97 Å². The first-order chi connectivity index (χ1) is 17.2. The summed E-state index contributed by atoms with van der Waals surface area (Å²) in [7, 11) is 0. The van der Waals surface area contributed by atoms with Gasteiger partial charge in [0, 0.05) is 12.0 Å². The molecule has 4 nitrogen and oxygen atoms in total. The fourth-order valence-corrected chi connectivity index (χ4v) is 4.39. The van der Waals surface area contributed by atoms with E-state index in [1.165, 1.54) is 95.5 Å². The number of unbranched alkanes of at least 4 members (excludes halogenated alkanes) is 14. The van der Waals surface area contributed by atoms with Crippen LogP contribution in [0.25, 0.3) is 11.4 Å². The normalized spacial score (nSPS) is 11.0. The van der Waals surface area contributed by atoms with Gasteiger partial charge in [0.1, 0.15) is 0 Å². The quantitative estimate of drug-likeness (QED) is 0.140. The largest absolute Gasteiger partial charge is 0.423 e. The first-order valence-corrected chi connectivity index (χ1v) is 14.3. The summed E-state index contributed by atoms with van der Waals surface area (Å²) >= 11 is 0. The fraction of sp³-hybridized carbons (Fsp3) is 0.645. The number of aromatic nitrogens is 2. The highest BCUT2D eigenvalue weighted by molar-refractivity contribution is 5.72. The van der Waals surface area contributed by atoms with E-state index in [4.69, 9.17) is 4.74 Å². The molecule has 1 aromatic heterocycles. The summed E-state index contributed by atoms with van der Waals surface area (Å²) in [5.74, 6) is 0.880. The fourth-order valence-electron chi connectivity index (χ4n) is 4.39. The van der Waals surface area contributed by atoms with Crippen LogP contribution in [-0.2, 0) is 11.2 Å². The van der Waals surface area contributed by atoms with Gasteiger partial charge in [-0.1, -0.05) is 128 Å². The van der Waals surface area contributed by atoms with Crippen LogP contribution >= 0.6 is 0 Å². The van der Waals surface area contributed by atoms with Gasteiger partial charge in [0.05, 0.1) is 12.4 Å². The van der Waals surface area contributed by atoms with Crippen LogP contribution in [0.1, 0.15) is 129 Å². The first-order valence-electron chi connectivity index (χ1n) is 14.3. The smallest absolute Gasteiger partial charge is 0.311 e. The molecule has 0 fully saturated rings. The Hall–Kier alpha value is -2.23. The van der Waals surface area contributed by atoms with Gasteiger partial charge in [-0.2, -0.15) is 0 Å². The molecule has 0 aliphatic heterocycles. The molecule has 0 amide bonds. The number of carbonyl (C=O) groups is 1. The Morgan fingerprint density at radius 2 is 1.14 bits per heavy atom. The number of nitrogens with zero attached hydrogens (tertiary/aromatic N) is 2. The highest BCUT2D eigenvalue weighted by Crippen LogP contribution is 2.19. The molecule has 2 aromatic rings. The van der Waals surface area contributed by atoms with Crippen molar-refractivity contribution in [3.63, 3.8) is 0 Å². The minimum absolute atomic E-state index is 0.198. The predicted molar refractivity (Wildman–Crippen MR) is 147 cm³/mol. The molecular weight excluding hydrogens is 432 g/mol. The van der Waals surface area contributed by atoms with E-state index >= 15 is 0 Å². The van der Waals surface area contributed by atoms with Crippen LogP contribution < -0.4 is 4.74 Å². The van der Waals surface area contributed by atoms with Gasteiger partial charge in [-0.3, -0.25) is 4.79 Å². The first kappa shape index (κ1) is 29.0. The van der Waals surface area contributed by atoms with Crippen molar-refractivity contribution in [2.75, 3.05) is 0 Å². The van der Waals surface area contributed by atoms with Crippen molar-refractivity contribution >= 4 is 5.97 Å². The lowest BCUT2D eigenvalue weighted by Gasteiger charge is -2.06. The highest BCUT2D eigenvalue weighted by atomic mass is 16.5. The van der Waals surface area contributed by atoms with Crippen LogP contribution in [0.5, 0.6) is 5.75 Å². The van der Waals surface area contributed by atoms with Crippen molar-refractivity contribution in [1.29, 1.82) is 0 Å². The van der Waals surface area contributed by atoms with E-state index in [1.54, 1.807) is 12.4 Å². The van der Waals surface area contributed by atoms with Crippen molar-refractivity contribution in [3.8, 4) is 17.1 Å². The van der Waals surface area contributed by atoms with Crippen LogP contribution in [0.4, 0.5) is 0 Å². The van der Waals surface area contributed by atoms with Crippen LogP contribution in [0.2, 0.25) is 0 Å². The summed E-state index contributed by atoms with van der Waals surface area (Å²) < 4.78 is 5.40. The zero-order valence-electron chi connectivity index (χ0n) is 22.4. The van der Waals surface area contributed by atoms with Gasteiger partial charge < -0.3 is 4.74 Å². The molecule has 0 saturated carbocycles. The minimum atomic E-state index is -0.198. The molecule has 35 heavy (non-hydrogen) atoms. The maximum absolute atomic E-state index is 12.1. The van der Waals surface area contributed by atoms with Crippen molar-refractivity contribution in [3.05, 3.63) is 42.2 Å². The number of rotatable bonds is 20. The zero-order valence-corrected chi connectivity index (χ0v) is 22.4. The molecule has 4 heteroatoms. The Balaban J connectivity index is 1.62. The minimum Gasteiger partial charge on any atom is -0.423 e. The number of ether oxygens (including phenoxy) is 1. The van der Waals surface area contributed by atoms with Gasteiger partial charge >= 0.3 is 5.97 Å². The second-order valence-corrected chi connectivity index (χ2v) is 9.86. The third-order valence-corrected chi connectivity index (χ3v) is 6.63. The van der Waals surface area contributed by atoms with E-state index in [1.807, 2.05) is 0 Å². The van der Waals surface area contributed by atoms with E-state index in [2.05, 4.69) is 48.1 Å². The second-order valence-electron chi connectivity index (χ2n) is 9.86. The summed E-state index contributed by atoms with van der Waals surface area (Å²) in [6, 6.07) is 8.54. The second kappa shape index (κ2) is 19.0. The van der Waals surface area contributed by atoms with Crippen LogP contribution in [0.15, 0.2) is 36.7 Å². The molecule has 0 spiro atoms. The van der Waals surface area contributed by atoms with Gasteiger partial charge in [0.15, 0.2) is 11.6 Å². The molecule has 0 unspecified atom stereocenters. The van der Waals surface area contributed by atoms with Crippen LogP contribution in [-0.4, -0.2) is 15.9 Å². The van der Waals surface area contributed by atoms with Crippen molar-refractivity contribution in [2.24, 2.45) is 0 Å². The van der Waals surface area contributed by atoms with Gasteiger partial charge in [0.2, 0.25) is 0 Å². The van der Waals surface area contributed by atoms with Crippen molar-refractivity contribution in [2.45, 2.75) is 129 Å². The molecule has 1 heterocycles. The number of hydrogen-bond acceptors (Lipinski definition) is 4. The topological polar surface area (TPSA) is 52.1 Å². The third-order valence-electron chi connectivity index (χ3n) is 6.63. The maximum atomic E-state index is 12.1. The van der Waals surface area contributed by atoms with E-state index in [0.29, 0.717) is 18.0 Å². The molecule has 0 saturated heterocycles. The number of benzene rings is 1. The SMILES string of the molecule is CCCCCCCCCCCc1ccc(-c2ncc(OC(=O)CCCCCCCCC)cn2)cc1. The lowest BCUT2D eigenvalue weighted by molar-refractivity contribution is -0.134. The number of hydrogen-bond donors (Lipinski definition) is 0. The Labute approximate surface area is 214 Å². The van der Waals surface area contributed by atoms with E-state index < -0.39 is 0 Å². The number of carbonyl (C=O) groups excluding carboxylic acids is 1. The average molecular weight is 481 g/mol. The summed E-state index contributed by atoms with van der Waals surface area (Å²) in [4.78, 5) is 20.9. The predicted octanol–water partition coefficient (Wildman–Crippen LogP) is 9.26. The molecule has 194 valence electrons. The molecule has 0 aliphatic rings. The number of esters is 1. The standard InChI is InChI=1S/C31H48N2O2/c1-3-5-7-9-11-12-14-15-17-19-27-21-23-28(24-22-27)31-32-25-29(26-33-31)35-30(34)20-18-16-13-10-8-6-4-2/h21-26H,3-20H2,1-2H3. The molecule has 0 atom stereocenters. The van der Waals surface area contributed by atoms with Gasteiger partial charge in [0.25, 0.3) is 0 Å². The van der Waals surface area contributed by atoms with Gasteiger partial charge in [-0.05, 0) is 24.8 Å². The Morgan fingerprint density at radius 3 is 1.69 bits per heavy atom.